The summed E-state index contributed by atoms with van der Waals surface area (Å²) in [7, 11) is 0. The van der Waals surface area contributed by atoms with Crippen LogP contribution in [-0.4, -0.2) is 41.0 Å². The summed E-state index contributed by atoms with van der Waals surface area (Å²) in [5.41, 5.74) is 5.97. The molecule has 3 aromatic rings. The summed E-state index contributed by atoms with van der Waals surface area (Å²) in [5.74, 6) is 0.781. The minimum absolute atomic E-state index is 0.0405. The fourth-order valence-corrected chi connectivity index (χ4v) is 5.49. The molecule has 1 fully saturated rings. The van der Waals surface area contributed by atoms with Crippen LogP contribution in [0.5, 0.6) is 5.75 Å². The van der Waals surface area contributed by atoms with Gasteiger partial charge in [-0.05, 0) is 56.0 Å². The maximum Gasteiger partial charge on any atom is 0.262 e. The van der Waals surface area contributed by atoms with Crippen LogP contribution in [0.15, 0.2) is 46.8 Å². The van der Waals surface area contributed by atoms with Crippen LogP contribution in [0.1, 0.15) is 30.4 Å². The first-order chi connectivity index (χ1) is 16.5. The predicted octanol–water partition coefficient (Wildman–Crippen LogP) is 4.41. The van der Waals surface area contributed by atoms with Crippen molar-refractivity contribution in [3.05, 3.63) is 57.7 Å². The molecule has 2 aromatic carbocycles. The van der Waals surface area contributed by atoms with E-state index < -0.39 is 0 Å². The van der Waals surface area contributed by atoms with Crippen molar-refractivity contribution in [3.8, 4) is 17.0 Å². The summed E-state index contributed by atoms with van der Waals surface area (Å²) >= 11 is 1.60. The number of hydrogen-bond donors (Lipinski definition) is 1. The Labute approximate surface area is 202 Å². The number of fused-ring (bicyclic) bond motifs is 1. The summed E-state index contributed by atoms with van der Waals surface area (Å²) in [5, 5.41) is 5.01. The molecule has 0 unspecified atom stereocenters. The van der Waals surface area contributed by atoms with Crippen LogP contribution < -0.4 is 14.9 Å². The number of rotatable bonds is 6. The molecule has 0 spiro atoms. The highest BCUT2D eigenvalue weighted by molar-refractivity contribution is 7.07. The van der Waals surface area contributed by atoms with Gasteiger partial charge in [0.2, 0.25) is 5.91 Å². The van der Waals surface area contributed by atoms with Gasteiger partial charge in [-0.3, -0.25) is 9.59 Å². The van der Waals surface area contributed by atoms with Crippen LogP contribution in [0.3, 0.4) is 0 Å². The SMILES string of the molecule is Cc1cccc(C)c1N=c1scc(-c2ccc3c(c2)NC(=O)CO3)n1CCCN1CCCC1=O. The van der Waals surface area contributed by atoms with Gasteiger partial charge in [-0.2, -0.15) is 0 Å². The van der Waals surface area contributed by atoms with Gasteiger partial charge in [-0.15, -0.1) is 11.3 Å². The van der Waals surface area contributed by atoms with E-state index in [0.717, 1.165) is 65.3 Å². The number of amides is 2. The second kappa shape index (κ2) is 9.46. The topological polar surface area (TPSA) is 75.9 Å². The number of nitrogens with zero attached hydrogens (tertiary/aromatic N) is 3. The first-order valence-corrected chi connectivity index (χ1v) is 12.5. The third-order valence-corrected chi connectivity index (χ3v) is 7.20. The zero-order valence-corrected chi connectivity index (χ0v) is 20.3. The van der Waals surface area contributed by atoms with Crippen LogP contribution in [0.4, 0.5) is 11.4 Å². The van der Waals surface area contributed by atoms with Gasteiger partial charge in [0.05, 0.1) is 17.1 Å². The fraction of sp³-hybridized carbons (Fsp3) is 0.346. The number of carbonyl (C=O) groups is 2. The van der Waals surface area contributed by atoms with Gasteiger partial charge < -0.3 is 19.5 Å². The van der Waals surface area contributed by atoms with Crippen LogP contribution >= 0.6 is 11.3 Å². The highest BCUT2D eigenvalue weighted by atomic mass is 32.1. The zero-order valence-electron chi connectivity index (χ0n) is 19.5. The van der Waals surface area contributed by atoms with Crippen molar-refractivity contribution in [1.82, 2.24) is 9.47 Å². The number of para-hydroxylation sites is 1. The number of aryl methyl sites for hydroxylation is 2. The van der Waals surface area contributed by atoms with Crippen molar-refractivity contribution in [1.29, 1.82) is 0 Å². The number of hydrogen-bond acceptors (Lipinski definition) is 5. The smallest absolute Gasteiger partial charge is 0.262 e. The number of thiazole rings is 1. The minimum atomic E-state index is -0.149. The number of benzene rings is 2. The Hall–Kier alpha value is -3.39. The lowest BCUT2D eigenvalue weighted by Crippen LogP contribution is -2.27. The van der Waals surface area contributed by atoms with E-state index in [2.05, 4.69) is 41.2 Å². The summed E-state index contributed by atoms with van der Waals surface area (Å²) in [6, 6.07) is 12.1. The van der Waals surface area contributed by atoms with E-state index >= 15 is 0 Å². The molecule has 2 amide bonds. The molecule has 0 radical (unpaired) electrons. The summed E-state index contributed by atoms with van der Waals surface area (Å²) in [6.07, 6.45) is 2.46. The van der Waals surface area contributed by atoms with Crippen molar-refractivity contribution >= 4 is 34.5 Å². The number of likely N-dealkylation sites (tertiary alicyclic amines) is 1. The molecule has 1 saturated heterocycles. The number of anilines is 1. The summed E-state index contributed by atoms with van der Waals surface area (Å²) in [6.45, 7) is 6.54. The maximum atomic E-state index is 12.1. The molecule has 0 aliphatic carbocycles. The molecule has 34 heavy (non-hydrogen) atoms. The van der Waals surface area contributed by atoms with Crippen molar-refractivity contribution in [2.45, 2.75) is 39.7 Å². The fourth-order valence-electron chi connectivity index (χ4n) is 4.55. The number of carbonyl (C=O) groups excluding carboxylic acids is 2. The van der Waals surface area contributed by atoms with Crippen LogP contribution in [0, 0.1) is 13.8 Å². The quantitative estimate of drug-likeness (QED) is 0.573. The molecule has 0 atom stereocenters. The Bertz CT molecular complexity index is 1300. The van der Waals surface area contributed by atoms with Gasteiger partial charge in [0.1, 0.15) is 5.75 Å². The van der Waals surface area contributed by atoms with Crippen LogP contribution in [-0.2, 0) is 16.1 Å². The molecule has 5 rings (SSSR count). The van der Waals surface area contributed by atoms with Crippen molar-refractivity contribution < 1.29 is 14.3 Å². The molecule has 176 valence electrons. The van der Waals surface area contributed by atoms with Gasteiger partial charge in [-0.1, -0.05) is 18.2 Å². The molecular weight excluding hydrogens is 448 g/mol. The van der Waals surface area contributed by atoms with Gasteiger partial charge in [0, 0.05) is 37.0 Å². The van der Waals surface area contributed by atoms with E-state index in [1.54, 1.807) is 11.3 Å². The van der Waals surface area contributed by atoms with Gasteiger partial charge in [-0.25, -0.2) is 4.99 Å². The molecule has 8 heteroatoms. The molecular formula is C26H28N4O3S. The third kappa shape index (κ3) is 4.50. The van der Waals surface area contributed by atoms with E-state index in [9.17, 15) is 9.59 Å². The molecule has 1 aromatic heterocycles. The minimum Gasteiger partial charge on any atom is -0.482 e. The normalized spacial score (nSPS) is 15.9. The molecule has 3 heterocycles. The monoisotopic (exact) mass is 476 g/mol. The van der Waals surface area contributed by atoms with Crippen LogP contribution in [0.25, 0.3) is 11.3 Å². The molecule has 0 bridgehead atoms. The second-order valence-corrected chi connectivity index (χ2v) is 9.63. The average molecular weight is 477 g/mol. The van der Waals surface area contributed by atoms with Crippen molar-refractivity contribution in [2.75, 3.05) is 25.0 Å². The number of nitrogens with one attached hydrogen (secondary N) is 1. The highest BCUT2D eigenvalue weighted by Gasteiger charge is 2.20. The Morgan fingerprint density at radius 1 is 1.12 bits per heavy atom. The molecule has 2 aliphatic rings. The van der Waals surface area contributed by atoms with Gasteiger partial charge in [0.15, 0.2) is 11.4 Å². The lowest BCUT2D eigenvalue weighted by atomic mass is 10.1. The van der Waals surface area contributed by atoms with Crippen LogP contribution in [0.2, 0.25) is 0 Å². The Kier molecular flexibility index (Phi) is 6.24. The average Bonchev–Trinajstić information content (AvgIpc) is 3.42. The van der Waals surface area contributed by atoms with Gasteiger partial charge in [0.25, 0.3) is 5.91 Å². The van der Waals surface area contributed by atoms with Gasteiger partial charge >= 0.3 is 0 Å². The first-order valence-electron chi connectivity index (χ1n) is 11.6. The van der Waals surface area contributed by atoms with Crippen molar-refractivity contribution in [2.24, 2.45) is 4.99 Å². The first kappa shape index (κ1) is 22.4. The molecule has 1 N–H and O–H groups in total. The largest absolute Gasteiger partial charge is 0.482 e. The molecule has 2 aliphatic heterocycles. The summed E-state index contributed by atoms with van der Waals surface area (Å²) < 4.78 is 7.75. The molecule has 7 nitrogen and oxygen atoms in total. The van der Waals surface area contributed by atoms with E-state index in [0.29, 0.717) is 17.9 Å². The van der Waals surface area contributed by atoms with E-state index in [1.807, 2.05) is 29.2 Å². The lowest BCUT2D eigenvalue weighted by molar-refractivity contribution is -0.127. The Morgan fingerprint density at radius 3 is 2.71 bits per heavy atom. The maximum absolute atomic E-state index is 12.1. The van der Waals surface area contributed by atoms with E-state index in [4.69, 9.17) is 9.73 Å². The predicted molar refractivity (Wildman–Crippen MR) is 133 cm³/mol. The third-order valence-electron chi connectivity index (χ3n) is 6.33. The second-order valence-electron chi connectivity index (χ2n) is 8.79. The zero-order chi connectivity index (χ0) is 23.7. The highest BCUT2D eigenvalue weighted by Crippen LogP contribution is 2.33. The Morgan fingerprint density at radius 2 is 1.94 bits per heavy atom. The number of aromatic nitrogens is 1. The van der Waals surface area contributed by atoms with E-state index in [-0.39, 0.29) is 18.4 Å². The Balaban J connectivity index is 1.52. The van der Waals surface area contributed by atoms with E-state index in [1.165, 1.54) is 0 Å². The number of ether oxygens (including phenoxy) is 1. The lowest BCUT2D eigenvalue weighted by Gasteiger charge is -2.19. The van der Waals surface area contributed by atoms with Crippen molar-refractivity contribution in [3.63, 3.8) is 0 Å². The summed E-state index contributed by atoms with van der Waals surface area (Å²) in [4.78, 5) is 31.8. The molecule has 0 saturated carbocycles. The standard InChI is InChI=1S/C26H28N4O3S/c1-17-6-3-7-18(2)25(17)28-26-30(13-5-12-29-11-4-8-24(29)32)21(16-34-26)19-9-10-22-20(14-19)27-23(31)15-33-22/h3,6-7,9-10,14,16H,4-5,8,11-13,15H2,1-2H3,(H,27,31).